The van der Waals surface area contributed by atoms with E-state index in [9.17, 15) is 9.18 Å². The van der Waals surface area contributed by atoms with Crippen LogP contribution < -0.4 is 10.5 Å². The van der Waals surface area contributed by atoms with Crippen LogP contribution in [0.25, 0.3) is 33.5 Å². The van der Waals surface area contributed by atoms with Gasteiger partial charge in [0.25, 0.3) is 5.91 Å². The minimum absolute atomic E-state index is 0.114. The van der Waals surface area contributed by atoms with Gasteiger partial charge in [-0.1, -0.05) is 12.1 Å². The standard InChI is InChI=1S/C28H32FN5O3/c1-32-23-11-17-8-9-33(15-19(30)14-29)28(35)21(17)13-22(23)31-27(32)24-12-18-5-3-7-25(36-2)26(18)34(24)16-20-6-4-10-37-20/h3,5,7,11-13,19-20H,4,6,8-10,14-16,30H2,1-2H3/t19-,20-/m1/s1. The number of hydrogen-bond acceptors (Lipinski definition) is 5. The molecule has 37 heavy (non-hydrogen) atoms. The van der Waals surface area contributed by atoms with Crippen LogP contribution in [0.3, 0.4) is 0 Å². The molecule has 4 aromatic rings. The Labute approximate surface area is 214 Å². The van der Waals surface area contributed by atoms with Crippen molar-refractivity contribution in [1.29, 1.82) is 0 Å². The maximum atomic E-state index is 13.2. The van der Waals surface area contributed by atoms with Gasteiger partial charge in [0, 0.05) is 44.2 Å². The molecule has 0 unspecified atom stereocenters. The van der Waals surface area contributed by atoms with E-state index in [4.69, 9.17) is 20.2 Å². The minimum atomic E-state index is -0.668. The number of amides is 1. The maximum Gasteiger partial charge on any atom is 0.254 e. The molecule has 0 aliphatic carbocycles. The molecule has 8 nitrogen and oxygen atoms in total. The number of aryl methyl sites for hydroxylation is 1. The number of fused-ring (bicyclic) bond motifs is 3. The summed E-state index contributed by atoms with van der Waals surface area (Å²) in [6.07, 6.45) is 2.93. The van der Waals surface area contributed by atoms with Gasteiger partial charge in [-0.3, -0.25) is 4.79 Å². The lowest BCUT2D eigenvalue weighted by Gasteiger charge is -2.30. The van der Waals surface area contributed by atoms with E-state index in [2.05, 4.69) is 27.3 Å². The van der Waals surface area contributed by atoms with E-state index in [1.165, 1.54) is 0 Å². The van der Waals surface area contributed by atoms with E-state index < -0.39 is 12.7 Å². The van der Waals surface area contributed by atoms with Gasteiger partial charge in [-0.25, -0.2) is 9.37 Å². The first-order chi connectivity index (χ1) is 18.0. The molecular formula is C28H32FN5O3. The molecule has 0 spiro atoms. The van der Waals surface area contributed by atoms with Crippen LogP contribution in [-0.4, -0.2) is 70.6 Å². The Kier molecular flexibility index (Phi) is 6.12. The van der Waals surface area contributed by atoms with E-state index in [1.807, 2.05) is 25.2 Å². The fourth-order valence-electron chi connectivity index (χ4n) is 5.77. The van der Waals surface area contributed by atoms with E-state index in [1.54, 1.807) is 12.0 Å². The molecule has 4 heterocycles. The number of carbonyl (C=O) groups is 1. The summed E-state index contributed by atoms with van der Waals surface area (Å²) in [6, 6.07) is 11.5. The highest BCUT2D eigenvalue weighted by Crippen LogP contribution is 2.36. The van der Waals surface area contributed by atoms with Crippen LogP contribution in [0.5, 0.6) is 5.75 Å². The molecule has 1 amide bonds. The summed E-state index contributed by atoms with van der Waals surface area (Å²) in [5.41, 5.74) is 11.1. The largest absolute Gasteiger partial charge is 0.495 e. The zero-order chi connectivity index (χ0) is 25.7. The fourth-order valence-corrected chi connectivity index (χ4v) is 5.77. The molecule has 1 fully saturated rings. The molecule has 0 bridgehead atoms. The Morgan fingerprint density at radius 3 is 2.92 bits per heavy atom. The number of ether oxygens (including phenoxy) is 2. The van der Waals surface area contributed by atoms with Gasteiger partial charge in [0.2, 0.25) is 0 Å². The van der Waals surface area contributed by atoms with E-state index in [0.29, 0.717) is 25.1 Å². The number of nitrogens with two attached hydrogens (primary N) is 1. The van der Waals surface area contributed by atoms with Crippen molar-refractivity contribution in [2.45, 2.75) is 38.0 Å². The van der Waals surface area contributed by atoms with Crippen molar-refractivity contribution >= 4 is 27.8 Å². The highest BCUT2D eigenvalue weighted by atomic mass is 19.1. The van der Waals surface area contributed by atoms with Crippen LogP contribution >= 0.6 is 0 Å². The Bertz CT molecular complexity index is 1490. The topological polar surface area (TPSA) is 87.5 Å². The number of hydrogen-bond donors (Lipinski definition) is 1. The second kappa shape index (κ2) is 9.46. The Hall–Kier alpha value is -3.43. The first kappa shape index (κ1) is 23.9. The van der Waals surface area contributed by atoms with Gasteiger partial charge in [0.05, 0.1) is 41.5 Å². The van der Waals surface area contributed by atoms with Gasteiger partial charge in [-0.15, -0.1) is 0 Å². The maximum absolute atomic E-state index is 13.2. The number of aromatic nitrogens is 3. The summed E-state index contributed by atoms with van der Waals surface area (Å²) in [7, 11) is 3.71. The van der Waals surface area contributed by atoms with Gasteiger partial charge in [-0.2, -0.15) is 0 Å². The number of methoxy groups -OCH3 is 1. The molecule has 2 aromatic carbocycles. The molecule has 6 rings (SSSR count). The number of para-hydroxylation sites is 1. The summed E-state index contributed by atoms with van der Waals surface area (Å²) in [5, 5.41) is 1.08. The van der Waals surface area contributed by atoms with E-state index >= 15 is 0 Å². The lowest BCUT2D eigenvalue weighted by Crippen LogP contribution is -2.45. The Balaban J connectivity index is 1.46. The van der Waals surface area contributed by atoms with Crippen molar-refractivity contribution in [1.82, 2.24) is 19.0 Å². The number of alkyl halides is 1. The van der Waals surface area contributed by atoms with Crippen molar-refractivity contribution in [3.05, 3.63) is 47.5 Å². The van der Waals surface area contributed by atoms with Crippen LogP contribution in [-0.2, 0) is 24.8 Å². The molecule has 2 atom stereocenters. The van der Waals surface area contributed by atoms with Crippen LogP contribution in [0.2, 0.25) is 0 Å². The van der Waals surface area contributed by atoms with E-state index in [0.717, 1.165) is 64.2 Å². The van der Waals surface area contributed by atoms with Crippen molar-refractivity contribution in [2.75, 3.05) is 33.5 Å². The lowest BCUT2D eigenvalue weighted by molar-refractivity contribution is 0.0725. The van der Waals surface area contributed by atoms with Crippen LogP contribution in [0.15, 0.2) is 36.4 Å². The molecule has 2 aliphatic rings. The van der Waals surface area contributed by atoms with Gasteiger partial charge < -0.3 is 29.2 Å². The predicted molar refractivity (Wildman–Crippen MR) is 141 cm³/mol. The van der Waals surface area contributed by atoms with Gasteiger partial charge in [0.1, 0.15) is 12.4 Å². The number of halogens is 1. The summed E-state index contributed by atoms with van der Waals surface area (Å²) in [5.74, 6) is 1.52. The second-order valence-corrected chi connectivity index (χ2v) is 10.1. The molecule has 2 N–H and O–H groups in total. The zero-order valence-electron chi connectivity index (χ0n) is 21.2. The third-order valence-corrected chi connectivity index (χ3v) is 7.67. The van der Waals surface area contributed by atoms with Crippen molar-refractivity contribution in [3.8, 4) is 17.3 Å². The fraction of sp³-hybridized carbons (Fsp3) is 0.429. The molecule has 2 aliphatic heterocycles. The number of rotatable bonds is 7. The average molecular weight is 506 g/mol. The lowest BCUT2D eigenvalue weighted by atomic mass is 9.97. The number of nitrogens with zero attached hydrogens (tertiary/aromatic N) is 4. The third kappa shape index (κ3) is 4.06. The average Bonchev–Trinajstić information content (AvgIpc) is 3.63. The Morgan fingerprint density at radius 2 is 2.16 bits per heavy atom. The van der Waals surface area contributed by atoms with Crippen LogP contribution in [0.4, 0.5) is 4.39 Å². The highest BCUT2D eigenvalue weighted by Gasteiger charge is 2.28. The number of benzene rings is 2. The Morgan fingerprint density at radius 1 is 1.30 bits per heavy atom. The zero-order valence-corrected chi connectivity index (χ0v) is 21.2. The smallest absolute Gasteiger partial charge is 0.254 e. The predicted octanol–water partition coefficient (Wildman–Crippen LogP) is 3.68. The highest BCUT2D eigenvalue weighted by molar-refractivity contribution is 6.01. The quantitative estimate of drug-likeness (QED) is 0.414. The molecule has 0 radical (unpaired) electrons. The number of carbonyl (C=O) groups excluding carboxylic acids is 1. The molecule has 9 heteroatoms. The summed E-state index contributed by atoms with van der Waals surface area (Å²) >= 11 is 0. The molecule has 0 saturated carbocycles. The van der Waals surface area contributed by atoms with Gasteiger partial charge in [0.15, 0.2) is 5.82 Å². The van der Waals surface area contributed by atoms with Crippen molar-refractivity contribution in [3.63, 3.8) is 0 Å². The first-order valence-electron chi connectivity index (χ1n) is 12.9. The summed E-state index contributed by atoms with van der Waals surface area (Å²) < 4.78 is 29.1. The number of imidazole rings is 1. The van der Waals surface area contributed by atoms with Crippen molar-refractivity contribution in [2.24, 2.45) is 12.8 Å². The summed E-state index contributed by atoms with van der Waals surface area (Å²) in [4.78, 5) is 19.9. The second-order valence-electron chi connectivity index (χ2n) is 10.1. The first-order valence-corrected chi connectivity index (χ1v) is 12.9. The monoisotopic (exact) mass is 505 g/mol. The normalized spacial score (nSPS) is 18.6. The SMILES string of the molecule is COc1cccc2cc(-c3nc4cc5c(cc4n3C)CCN(C[C@H](N)CF)C5=O)n(C[C@H]3CCCO3)c12. The van der Waals surface area contributed by atoms with Gasteiger partial charge >= 0.3 is 0 Å². The molecule has 1 saturated heterocycles. The van der Waals surface area contributed by atoms with Crippen LogP contribution in [0, 0.1) is 0 Å². The molecule has 2 aromatic heterocycles. The van der Waals surface area contributed by atoms with Gasteiger partial charge in [-0.05, 0) is 49.1 Å². The minimum Gasteiger partial charge on any atom is -0.495 e. The van der Waals surface area contributed by atoms with E-state index in [-0.39, 0.29) is 18.6 Å². The molecule has 194 valence electrons. The van der Waals surface area contributed by atoms with Crippen LogP contribution in [0.1, 0.15) is 28.8 Å². The molecular weight excluding hydrogens is 473 g/mol. The third-order valence-electron chi connectivity index (χ3n) is 7.67. The summed E-state index contributed by atoms with van der Waals surface area (Å²) in [6.45, 7) is 1.59. The van der Waals surface area contributed by atoms with Crippen molar-refractivity contribution < 1.29 is 18.7 Å².